The minimum absolute atomic E-state index is 0.104. The van der Waals surface area contributed by atoms with Gasteiger partial charge in [-0.25, -0.2) is 0 Å². The van der Waals surface area contributed by atoms with Crippen LogP contribution in [0.4, 0.5) is 0 Å². The molecule has 0 fully saturated rings. The molecule has 5 rings (SSSR count). The second-order valence-corrected chi connectivity index (χ2v) is 10.3. The molecular formula is C34H32O10. The Morgan fingerprint density at radius 1 is 0.432 bits per heavy atom. The summed E-state index contributed by atoms with van der Waals surface area (Å²) in [6.45, 7) is 0. The van der Waals surface area contributed by atoms with Crippen molar-refractivity contribution < 1.29 is 47.6 Å². The summed E-state index contributed by atoms with van der Waals surface area (Å²) in [6.07, 6.45) is 2.95. The first-order valence-corrected chi connectivity index (χ1v) is 13.7. The third kappa shape index (κ3) is 3.86. The molecule has 0 aromatic heterocycles. The van der Waals surface area contributed by atoms with Gasteiger partial charge in [-0.2, -0.15) is 0 Å². The van der Waals surface area contributed by atoms with Gasteiger partial charge in [0.15, 0.2) is 10.8 Å². The van der Waals surface area contributed by atoms with E-state index in [4.69, 9.17) is 28.4 Å². The number of hydrogen-bond acceptors (Lipinski definition) is 10. The second-order valence-electron chi connectivity index (χ2n) is 10.3. The van der Waals surface area contributed by atoms with Gasteiger partial charge in [0, 0.05) is 11.8 Å². The van der Waals surface area contributed by atoms with E-state index in [9.17, 15) is 19.2 Å². The van der Waals surface area contributed by atoms with Crippen molar-refractivity contribution in [2.75, 3.05) is 42.7 Å². The molecule has 3 aliphatic carbocycles. The topological polar surface area (TPSA) is 124 Å². The summed E-state index contributed by atoms with van der Waals surface area (Å²) in [7, 11) is 7.73. The molecular weight excluding hydrogens is 568 g/mol. The third-order valence-electron chi connectivity index (χ3n) is 8.59. The maximum Gasteiger partial charge on any atom is 0.223 e. The van der Waals surface area contributed by atoms with Gasteiger partial charge in [-0.05, 0) is 23.3 Å². The highest BCUT2D eigenvalue weighted by Crippen LogP contribution is 2.60. The van der Waals surface area contributed by atoms with Crippen LogP contribution in [0, 0.1) is 10.8 Å². The molecule has 2 atom stereocenters. The Morgan fingerprint density at radius 3 is 0.932 bits per heavy atom. The first-order chi connectivity index (χ1) is 21.2. The number of ether oxygens (including phenoxy) is 6. The van der Waals surface area contributed by atoms with Gasteiger partial charge in [0.1, 0.15) is 11.5 Å². The van der Waals surface area contributed by atoms with Crippen LogP contribution in [-0.4, -0.2) is 65.8 Å². The number of ketones is 4. The molecule has 2 spiro atoms. The fraction of sp³-hybridized carbons (Fsp3) is 0.294. The summed E-state index contributed by atoms with van der Waals surface area (Å²) in [5.41, 5.74) is -3.18. The van der Waals surface area contributed by atoms with Gasteiger partial charge >= 0.3 is 0 Å². The first-order valence-electron chi connectivity index (χ1n) is 13.7. The predicted octanol–water partition coefficient (Wildman–Crippen LogP) is 3.91. The molecule has 0 saturated heterocycles. The molecule has 10 nitrogen and oxygen atoms in total. The van der Waals surface area contributed by atoms with E-state index in [0.29, 0.717) is 11.1 Å². The minimum atomic E-state index is -2.09. The molecule has 3 aliphatic rings. The zero-order chi connectivity index (χ0) is 31.8. The maximum atomic E-state index is 14.5. The van der Waals surface area contributed by atoms with Gasteiger partial charge < -0.3 is 28.4 Å². The summed E-state index contributed by atoms with van der Waals surface area (Å²) in [4.78, 5) is 58.1. The smallest absolute Gasteiger partial charge is 0.223 e. The van der Waals surface area contributed by atoms with Crippen LogP contribution < -0.4 is 0 Å². The average molecular weight is 601 g/mol. The van der Waals surface area contributed by atoms with E-state index < -0.39 is 45.8 Å². The van der Waals surface area contributed by atoms with Crippen molar-refractivity contribution in [2.24, 2.45) is 10.8 Å². The normalized spacial score (nSPS) is 22.5. The number of carbonyl (C=O) groups is 4. The van der Waals surface area contributed by atoms with Crippen LogP contribution in [0.15, 0.2) is 107 Å². The summed E-state index contributed by atoms with van der Waals surface area (Å²) >= 11 is 0. The van der Waals surface area contributed by atoms with Crippen LogP contribution in [0.1, 0.15) is 23.0 Å². The zero-order valence-electron chi connectivity index (χ0n) is 25.2. The van der Waals surface area contributed by atoms with Crippen LogP contribution in [0.5, 0.6) is 0 Å². The fourth-order valence-corrected chi connectivity index (χ4v) is 6.68. The largest absolute Gasteiger partial charge is 0.500 e. The molecule has 2 aromatic carbocycles. The molecule has 0 amide bonds. The van der Waals surface area contributed by atoms with E-state index in [0.717, 1.165) is 0 Å². The van der Waals surface area contributed by atoms with Gasteiger partial charge in [-0.3, -0.25) is 19.2 Å². The quantitative estimate of drug-likeness (QED) is 0.412. The van der Waals surface area contributed by atoms with Gasteiger partial charge in [-0.15, -0.1) is 0 Å². The lowest BCUT2D eigenvalue weighted by atomic mass is 9.59. The van der Waals surface area contributed by atoms with E-state index in [-0.39, 0.29) is 34.6 Å². The van der Waals surface area contributed by atoms with Crippen molar-refractivity contribution in [3.8, 4) is 0 Å². The number of hydrogen-bond donors (Lipinski definition) is 0. The van der Waals surface area contributed by atoms with E-state index in [1.165, 1.54) is 54.8 Å². The molecule has 44 heavy (non-hydrogen) atoms. The number of allylic oxidation sites excluding steroid dienone is 8. The molecule has 2 aromatic rings. The van der Waals surface area contributed by atoms with Crippen LogP contribution in [-0.2, 0) is 47.6 Å². The van der Waals surface area contributed by atoms with Crippen molar-refractivity contribution in [1.82, 2.24) is 0 Å². The van der Waals surface area contributed by atoms with Gasteiger partial charge in [-0.1, -0.05) is 60.7 Å². The highest BCUT2D eigenvalue weighted by molar-refractivity contribution is 6.30. The number of Topliss-reactive ketones (excluding diaryl/α,β-unsaturated/α-hetero) is 4. The first kappa shape index (κ1) is 30.3. The number of benzene rings is 2. The fourth-order valence-electron chi connectivity index (χ4n) is 6.68. The molecule has 0 N–H and O–H groups in total. The highest BCUT2D eigenvalue weighted by Gasteiger charge is 2.69. The Bertz CT molecular complexity index is 1470. The van der Waals surface area contributed by atoms with Crippen molar-refractivity contribution in [2.45, 2.75) is 11.8 Å². The van der Waals surface area contributed by atoms with E-state index in [1.807, 2.05) is 0 Å². The zero-order valence-corrected chi connectivity index (χ0v) is 25.2. The Hall–Kier alpha value is -5.12. The SMILES string of the molecule is COC1=C[C@@H](c2ccccc2)C2(C(=O)C(OC)=C(OC)C2=O)C(OC)=CC(c2ccccc2)C12C(=O)C(OC)=C(OC)C2=O. The Morgan fingerprint density at radius 2 is 0.705 bits per heavy atom. The lowest BCUT2D eigenvalue weighted by Crippen LogP contribution is -2.49. The summed E-state index contributed by atoms with van der Waals surface area (Å²) in [5, 5.41) is 0. The predicted molar refractivity (Wildman–Crippen MR) is 156 cm³/mol. The Kier molecular flexibility index (Phi) is 7.94. The lowest BCUT2D eigenvalue weighted by Gasteiger charge is -2.41. The number of methoxy groups -OCH3 is 6. The van der Waals surface area contributed by atoms with Gasteiger partial charge in [0.05, 0.1) is 42.7 Å². The van der Waals surface area contributed by atoms with Crippen molar-refractivity contribution >= 4 is 23.1 Å². The van der Waals surface area contributed by atoms with E-state index in [1.54, 1.807) is 60.7 Å². The van der Waals surface area contributed by atoms with Gasteiger partial charge in [0.2, 0.25) is 46.2 Å². The molecule has 0 saturated carbocycles. The van der Waals surface area contributed by atoms with Crippen molar-refractivity contribution in [3.63, 3.8) is 0 Å². The highest BCUT2D eigenvalue weighted by atomic mass is 16.5. The standard InChI is InChI=1S/C34H32O10/c1-39-23-17-21(19-13-9-7-10-14-19)34(31(37)27(43-5)28(44-6)32(34)38)24(40-2)18-22(20-15-11-8-12-16-20)33(23)29(35)25(41-3)26(42-4)30(33)36/h7-18,21-22H,1-6H3/t21-,22?/m0/s1. The second kappa shape index (κ2) is 11.5. The molecule has 228 valence electrons. The van der Waals surface area contributed by atoms with Gasteiger partial charge in [0.25, 0.3) is 0 Å². The summed E-state index contributed by atoms with van der Waals surface area (Å²) in [6, 6.07) is 17.4. The molecule has 1 unspecified atom stereocenters. The number of rotatable bonds is 8. The maximum absolute atomic E-state index is 14.5. The molecule has 10 heteroatoms. The molecule has 0 heterocycles. The third-order valence-corrected chi connectivity index (χ3v) is 8.59. The molecule has 0 aliphatic heterocycles. The lowest BCUT2D eigenvalue weighted by molar-refractivity contribution is -0.137. The van der Waals surface area contributed by atoms with Crippen molar-refractivity contribution in [1.29, 1.82) is 0 Å². The van der Waals surface area contributed by atoms with E-state index in [2.05, 4.69) is 0 Å². The van der Waals surface area contributed by atoms with Crippen LogP contribution in [0.3, 0.4) is 0 Å². The minimum Gasteiger partial charge on any atom is -0.500 e. The Labute approximate surface area is 254 Å². The van der Waals surface area contributed by atoms with Crippen LogP contribution in [0.25, 0.3) is 0 Å². The molecule has 0 radical (unpaired) electrons. The summed E-state index contributed by atoms with van der Waals surface area (Å²) < 4.78 is 33.6. The van der Waals surface area contributed by atoms with Crippen LogP contribution in [0.2, 0.25) is 0 Å². The van der Waals surface area contributed by atoms with E-state index >= 15 is 0 Å². The summed E-state index contributed by atoms with van der Waals surface area (Å²) in [5.74, 6) is -6.49. The van der Waals surface area contributed by atoms with Crippen LogP contribution >= 0.6 is 0 Å². The monoisotopic (exact) mass is 600 g/mol. The molecule has 0 bridgehead atoms. The van der Waals surface area contributed by atoms with Crippen molar-refractivity contribution in [3.05, 3.63) is 118 Å². The average Bonchev–Trinajstić information content (AvgIpc) is 3.40. The number of carbonyl (C=O) groups excluding carboxylic acids is 4. The Balaban J connectivity index is 1.97.